The summed E-state index contributed by atoms with van der Waals surface area (Å²) in [5.74, 6) is 1.91. The highest BCUT2D eigenvalue weighted by molar-refractivity contribution is 8.00. The lowest BCUT2D eigenvalue weighted by atomic mass is 9.87. The van der Waals surface area contributed by atoms with Crippen LogP contribution in [0.25, 0.3) is 0 Å². The first-order valence-electron chi connectivity index (χ1n) is 8.57. The van der Waals surface area contributed by atoms with Crippen molar-refractivity contribution in [3.05, 3.63) is 0 Å². The number of nitrogens with one attached hydrogen (secondary N) is 1. The predicted molar refractivity (Wildman–Crippen MR) is 87.9 cm³/mol. The molecule has 0 aromatic carbocycles. The van der Waals surface area contributed by atoms with Gasteiger partial charge in [0.15, 0.2) is 0 Å². The molecule has 2 heteroatoms. The second-order valence-corrected chi connectivity index (χ2v) is 8.59. The van der Waals surface area contributed by atoms with Crippen LogP contribution in [0.4, 0.5) is 0 Å². The lowest BCUT2D eigenvalue weighted by molar-refractivity contribution is 0.315. The maximum Gasteiger partial charge on any atom is 0.0206 e. The van der Waals surface area contributed by atoms with Gasteiger partial charge in [-0.3, -0.25) is 0 Å². The van der Waals surface area contributed by atoms with E-state index in [2.05, 4.69) is 37.8 Å². The number of rotatable bonds is 5. The van der Waals surface area contributed by atoms with Gasteiger partial charge in [0.05, 0.1) is 0 Å². The van der Waals surface area contributed by atoms with Gasteiger partial charge in [0, 0.05) is 16.5 Å². The van der Waals surface area contributed by atoms with Gasteiger partial charge < -0.3 is 5.32 Å². The van der Waals surface area contributed by atoms with Crippen molar-refractivity contribution in [1.82, 2.24) is 5.32 Å². The molecular weight excluding hydrogens is 250 g/mol. The van der Waals surface area contributed by atoms with Gasteiger partial charge in [0.1, 0.15) is 0 Å². The van der Waals surface area contributed by atoms with Gasteiger partial charge in [-0.05, 0) is 56.9 Å². The highest BCUT2D eigenvalue weighted by atomic mass is 32.2. The average Bonchev–Trinajstić information content (AvgIpc) is 2.38. The summed E-state index contributed by atoms with van der Waals surface area (Å²) in [5.41, 5.74) is 0. The zero-order valence-electron chi connectivity index (χ0n) is 13.2. The van der Waals surface area contributed by atoms with Crippen LogP contribution in [0.3, 0.4) is 0 Å². The summed E-state index contributed by atoms with van der Waals surface area (Å²) in [7, 11) is 0. The van der Waals surface area contributed by atoms with Gasteiger partial charge in [-0.15, -0.1) is 0 Å². The molecule has 0 radical (unpaired) electrons. The minimum absolute atomic E-state index is 0.790. The lowest BCUT2D eigenvalue weighted by Crippen LogP contribution is -2.43. The van der Waals surface area contributed by atoms with E-state index in [1.165, 1.54) is 57.9 Å². The third-order valence-corrected chi connectivity index (χ3v) is 6.65. The summed E-state index contributed by atoms with van der Waals surface area (Å²) < 4.78 is 0. The van der Waals surface area contributed by atoms with Crippen LogP contribution in [0.5, 0.6) is 0 Å². The van der Waals surface area contributed by atoms with Crippen molar-refractivity contribution in [2.45, 2.75) is 88.7 Å². The van der Waals surface area contributed by atoms with Gasteiger partial charge in [0.2, 0.25) is 0 Å². The molecule has 19 heavy (non-hydrogen) atoms. The molecular formula is C17H33NS. The average molecular weight is 284 g/mol. The van der Waals surface area contributed by atoms with E-state index in [0.717, 1.165) is 28.4 Å². The van der Waals surface area contributed by atoms with Crippen molar-refractivity contribution in [2.24, 2.45) is 11.8 Å². The van der Waals surface area contributed by atoms with Gasteiger partial charge >= 0.3 is 0 Å². The Bertz CT molecular complexity index is 254. The van der Waals surface area contributed by atoms with E-state index in [0.29, 0.717) is 0 Å². The largest absolute Gasteiger partial charge is 0.313 e. The summed E-state index contributed by atoms with van der Waals surface area (Å²) in [6.07, 6.45) is 11.4. The minimum Gasteiger partial charge on any atom is -0.313 e. The lowest BCUT2D eigenvalue weighted by Gasteiger charge is -2.38. The van der Waals surface area contributed by atoms with Crippen LogP contribution in [-0.4, -0.2) is 23.1 Å². The molecule has 0 amide bonds. The Labute approximate surface area is 124 Å². The van der Waals surface area contributed by atoms with Crippen LogP contribution in [0.2, 0.25) is 0 Å². The zero-order chi connectivity index (χ0) is 13.7. The first kappa shape index (κ1) is 15.7. The summed E-state index contributed by atoms with van der Waals surface area (Å²) in [6.45, 7) is 8.39. The summed E-state index contributed by atoms with van der Waals surface area (Å²) in [5, 5.41) is 5.65. The van der Waals surface area contributed by atoms with E-state index < -0.39 is 0 Å². The molecule has 0 aromatic heterocycles. The van der Waals surface area contributed by atoms with E-state index >= 15 is 0 Å². The Kier molecular flexibility index (Phi) is 6.55. The van der Waals surface area contributed by atoms with Crippen LogP contribution in [0, 0.1) is 11.8 Å². The normalized spacial score (nSPS) is 40.3. The third-order valence-electron chi connectivity index (χ3n) is 4.97. The molecule has 2 fully saturated rings. The highest BCUT2D eigenvalue weighted by Crippen LogP contribution is 2.40. The molecule has 0 heterocycles. The second kappa shape index (κ2) is 7.93. The monoisotopic (exact) mass is 283 g/mol. The molecule has 5 atom stereocenters. The molecule has 2 aliphatic carbocycles. The quantitative estimate of drug-likeness (QED) is 0.773. The molecule has 2 aliphatic rings. The summed E-state index contributed by atoms with van der Waals surface area (Å²) in [6, 6.07) is 0.790. The van der Waals surface area contributed by atoms with Gasteiger partial charge in [-0.25, -0.2) is 0 Å². The summed E-state index contributed by atoms with van der Waals surface area (Å²) in [4.78, 5) is 0. The number of hydrogen-bond donors (Lipinski definition) is 1. The molecule has 0 saturated heterocycles. The molecule has 0 bridgehead atoms. The van der Waals surface area contributed by atoms with Gasteiger partial charge in [0.25, 0.3) is 0 Å². The van der Waals surface area contributed by atoms with Crippen molar-refractivity contribution in [3.63, 3.8) is 0 Å². The van der Waals surface area contributed by atoms with Crippen molar-refractivity contribution in [3.8, 4) is 0 Å². The topological polar surface area (TPSA) is 12.0 Å². The molecule has 2 saturated carbocycles. The fourth-order valence-corrected chi connectivity index (χ4v) is 5.89. The molecule has 1 N–H and O–H groups in total. The molecule has 0 aliphatic heterocycles. The fourth-order valence-electron chi connectivity index (χ4n) is 3.79. The predicted octanol–water partition coefficient (Wildman–Crippen LogP) is 4.86. The Morgan fingerprint density at radius 1 is 1.00 bits per heavy atom. The Balaban J connectivity index is 1.85. The minimum atomic E-state index is 0.790. The van der Waals surface area contributed by atoms with E-state index in [-0.39, 0.29) is 0 Å². The van der Waals surface area contributed by atoms with E-state index in [9.17, 15) is 0 Å². The zero-order valence-corrected chi connectivity index (χ0v) is 14.0. The Morgan fingerprint density at radius 3 is 2.53 bits per heavy atom. The SMILES string of the molecule is CCCNC1CCC(C)CC1SC1CCCC(C)C1. The van der Waals surface area contributed by atoms with Crippen molar-refractivity contribution >= 4 is 11.8 Å². The standard InChI is InChI=1S/C17H33NS/c1-4-10-18-16-9-8-14(3)12-17(16)19-15-7-5-6-13(2)11-15/h13-18H,4-12H2,1-3H3. The van der Waals surface area contributed by atoms with Crippen LogP contribution in [-0.2, 0) is 0 Å². The van der Waals surface area contributed by atoms with Crippen molar-refractivity contribution in [1.29, 1.82) is 0 Å². The first-order valence-corrected chi connectivity index (χ1v) is 9.52. The van der Waals surface area contributed by atoms with E-state index in [1.807, 2.05) is 0 Å². The Morgan fingerprint density at radius 2 is 1.79 bits per heavy atom. The third kappa shape index (κ3) is 4.97. The molecule has 1 nitrogen and oxygen atoms in total. The number of hydrogen-bond acceptors (Lipinski definition) is 2. The smallest absolute Gasteiger partial charge is 0.0206 e. The Hall–Kier alpha value is 0.310. The van der Waals surface area contributed by atoms with Crippen LogP contribution < -0.4 is 5.32 Å². The van der Waals surface area contributed by atoms with Crippen LogP contribution in [0.1, 0.15) is 72.1 Å². The highest BCUT2D eigenvalue weighted by Gasteiger charge is 2.31. The second-order valence-electron chi connectivity index (χ2n) is 7.05. The van der Waals surface area contributed by atoms with E-state index in [1.54, 1.807) is 0 Å². The molecule has 5 unspecified atom stereocenters. The van der Waals surface area contributed by atoms with Crippen molar-refractivity contribution < 1.29 is 0 Å². The molecule has 0 aromatic rings. The fraction of sp³-hybridized carbons (Fsp3) is 1.00. The molecule has 112 valence electrons. The van der Waals surface area contributed by atoms with Crippen LogP contribution in [0.15, 0.2) is 0 Å². The molecule has 2 rings (SSSR count). The number of thioether (sulfide) groups is 1. The maximum atomic E-state index is 3.82. The van der Waals surface area contributed by atoms with Crippen LogP contribution >= 0.6 is 11.8 Å². The van der Waals surface area contributed by atoms with Gasteiger partial charge in [-0.2, -0.15) is 11.8 Å². The summed E-state index contributed by atoms with van der Waals surface area (Å²) >= 11 is 2.35. The van der Waals surface area contributed by atoms with Gasteiger partial charge in [-0.1, -0.05) is 33.6 Å². The first-order chi connectivity index (χ1) is 9.19. The molecule has 0 spiro atoms. The van der Waals surface area contributed by atoms with E-state index in [4.69, 9.17) is 0 Å². The maximum absolute atomic E-state index is 3.82. The van der Waals surface area contributed by atoms with Crippen molar-refractivity contribution in [2.75, 3.05) is 6.54 Å².